The average molecular weight is 583 g/mol. The molecule has 0 radical (unpaired) electrons. The van der Waals surface area contributed by atoms with Crippen LogP contribution in [0.3, 0.4) is 0 Å². The summed E-state index contributed by atoms with van der Waals surface area (Å²) in [6.45, 7) is 0. The van der Waals surface area contributed by atoms with Gasteiger partial charge in [-0.05, 0) is 106 Å². The van der Waals surface area contributed by atoms with E-state index in [1.165, 1.54) is 87.6 Å². The lowest BCUT2D eigenvalue weighted by Crippen LogP contribution is -1.93. The fourth-order valence-electron chi connectivity index (χ4n) is 7.35. The minimum absolute atomic E-state index is 1.22. The molecule has 0 unspecified atom stereocenters. The zero-order valence-corrected chi connectivity index (χ0v) is 25.3. The largest absolute Gasteiger partial charge is 0.0622 e. The summed E-state index contributed by atoms with van der Waals surface area (Å²) in [6, 6.07) is 66.6. The Kier molecular flexibility index (Phi) is 6.25. The predicted molar refractivity (Wildman–Crippen MR) is 198 cm³/mol. The molecule has 214 valence electrons. The van der Waals surface area contributed by atoms with Crippen molar-refractivity contribution in [2.75, 3.05) is 0 Å². The fourth-order valence-corrected chi connectivity index (χ4v) is 7.35. The Balaban J connectivity index is 1.41. The van der Waals surface area contributed by atoms with E-state index in [0.29, 0.717) is 0 Å². The molecule has 0 spiro atoms. The third-order valence-corrected chi connectivity index (χ3v) is 9.42. The smallest absolute Gasteiger partial charge is 0.00259 e. The van der Waals surface area contributed by atoms with E-state index in [9.17, 15) is 0 Å². The Labute approximate surface area is 268 Å². The third kappa shape index (κ3) is 4.30. The van der Waals surface area contributed by atoms with Crippen LogP contribution in [0.1, 0.15) is 0 Å². The van der Waals surface area contributed by atoms with Crippen LogP contribution >= 0.6 is 0 Å². The molecule has 0 heterocycles. The highest BCUT2D eigenvalue weighted by Gasteiger charge is 2.19. The van der Waals surface area contributed by atoms with E-state index in [2.05, 4.69) is 182 Å². The zero-order valence-electron chi connectivity index (χ0n) is 25.3. The van der Waals surface area contributed by atoms with Crippen molar-refractivity contribution in [3.63, 3.8) is 0 Å². The molecule has 0 aliphatic carbocycles. The molecule has 0 N–H and O–H groups in total. The van der Waals surface area contributed by atoms with E-state index in [0.717, 1.165) is 0 Å². The Morgan fingerprint density at radius 1 is 0.217 bits per heavy atom. The molecule has 9 aromatic carbocycles. The molecule has 0 amide bonds. The second kappa shape index (κ2) is 10.9. The first-order valence-electron chi connectivity index (χ1n) is 15.9. The van der Waals surface area contributed by atoms with Gasteiger partial charge in [-0.15, -0.1) is 0 Å². The van der Waals surface area contributed by atoms with Crippen LogP contribution in [0.2, 0.25) is 0 Å². The first-order chi connectivity index (χ1) is 22.8. The lowest BCUT2D eigenvalue weighted by molar-refractivity contribution is 1.62. The molecule has 9 aromatic rings. The molecule has 0 bridgehead atoms. The minimum atomic E-state index is 1.22. The van der Waals surface area contributed by atoms with Gasteiger partial charge in [-0.2, -0.15) is 0 Å². The highest BCUT2D eigenvalue weighted by molar-refractivity contribution is 6.22. The zero-order chi connectivity index (χ0) is 30.5. The quantitative estimate of drug-likeness (QED) is 0.181. The summed E-state index contributed by atoms with van der Waals surface area (Å²) in [5.41, 5.74) is 9.98. The van der Waals surface area contributed by atoms with Gasteiger partial charge >= 0.3 is 0 Å². The maximum Gasteiger partial charge on any atom is -0.00259 e. The van der Waals surface area contributed by atoms with Crippen molar-refractivity contribution < 1.29 is 0 Å². The molecule has 0 nitrogen and oxygen atoms in total. The molecule has 0 atom stereocenters. The summed E-state index contributed by atoms with van der Waals surface area (Å²) in [7, 11) is 0. The van der Waals surface area contributed by atoms with Crippen LogP contribution in [0.5, 0.6) is 0 Å². The molecular weight excluding hydrogens is 553 g/mol. The number of rotatable bonds is 4. The summed E-state index contributed by atoms with van der Waals surface area (Å²) < 4.78 is 0. The Morgan fingerprint density at radius 3 is 1.35 bits per heavy atom. The molecule has 0 heteroatoms. The second-order valence-electron chi connectivity index (χ2n) is 12.1. The van der Waals surface area contributed by atoms with Crippen molar-refractivity contribution in [2.24, 2.45) is 0 Å². The molecule has 0 aliphatic rings. The van der Waals surface area contributed by atoms with E-state index in [-0.39, 0.29) is 0 Å². The number of benzene rings is 9. The Hall–Kier alpha value is -5.98. The summed E-state index contributed by atoms with van der Waals surface area (Å²) in [4.78, 5) is 0. The van der Waals surface area contributed by atoms with Gasteiger partial charge in [-0.1, -0.05) is 164 Å². The first kappa shape index (κ1) is 26.4. The third-order valence-electron chi connectivity index (χ3n) is 9.42. The Bertz CT molecular complexity index is 2500. The standard InChI is InChI=1S/C46H30/c1-3-15-32(16-4-1)37-24-13-25-38-43(33-17-5-2-6-18-33)29-36(30-44(37)38)46-41-22-11-9-20-39(41)45(40-21-10-12-23-42(40)46)35-27-26-31-14-7-8-19-34(31)28-35/h1-30H. The van der Waals surface area contributed by atoms with Crippen LogP contribution in [-0.2, 0) is 0 Å². The SMILES string of the molecule is c1ccc(-c2cc(-c3c4ccccc4c(-c4ccc5ccccc5c4)c4ccccc34)cc3c(-c4ccccc4)cccc23)cc1. The average Bonchev–Trinajstić information content (AvgIpc) is 3.13. The molecule has 0 saturated heterocycles. The van der Waals surface area contributed by atoms with Gasteiger partial charge in [-0.25, -0.2) is 0 Å². The summed E-state index contributed by atoms with van der Waals surface area (Å²) >= 11 is 0. The monoisotopic (exact) mass is 582 g/mol. The van der Waals surface area contributed by atoms with Gasteiger partial charge in [0.15, 0.2) is 0 Å². The molecule has 0 saturated carbocycles. The van der Waals surface area contributed by atoms with Gasteiger partial charge in [0.25, 0.3) is 0 Å². The minimum Gasteiger partial charge on any atom is -0.0622 e. The van der Waals surface area contributed by atoms with Gasteiger partial charge in [-0.3, -0.25) is 0 Å². The predicted octanol–water partition coefficient (Wildman–Crippen LogP) is 13.0. The summed E-state index contributed by atoms with van der Waals surface area (Å²) in [5.74, 6) is 0. The van der Waals surface area contributed by atoms with Crippen LogP contribution in [0.4, 0.5) is 0 Å². The van der Waals surface area contributed by atoms with Crippen molar-refractivity contribution in [1.29, 1.82) is 0 Å². The molecule has 9 rings (SSSR count). The van der Waals surface area contributed by atoms with E-state index < -0.39 is 0 Å². The van der Waals surface area contributed by atoms with Gasteiger partial charge in [0.05, 0.1) is 0 Å². The van der Waals surface area contributed by atoms with E-state index in [4.69, 9.17) is 0 Å². The van der Waals surface area contributed by atoms with Crippen molar-refractivity contribution >= 4 is 43.1 Å². The summed E-state index contributed by atoms with van der Waals surface area (Å²) in [5, 5.41) is 10.1. The van der Waals surface area contributed by atoms with Gasteiger partial charge in [0, 0.05) is 0 Å². The number of hydrogen-bond acceptors (Lipinski definition) is 0. The summed E-state index contributed by atoms with van der Waals surface area (Å²) in [6.07, 6.45) is 0. The molecule has 0 aliphatic heterocycles. The maximum absolute atomic E-state index is 2.42. The van der Waals surface area contributed by atoms with Crippen molar-refractivity contribution in [1.82, 2.24) is 0 Å². The second-order valence-corrected chi connectivity index (χ2v) is 12.1. The van der Waals surface area contributed by atoms with Gasteiger partial charge < -0.3 is 0 Å². The maximum atomic E-state index is 2.42. The van der Waals surface area contributed by atoms with Crippen LogP contribution in [0, 0.1) is 0 Å². The van der Waals surface area contributed by atoms with Crippen LogP contribution in [0.25, 0.3) is 87.6 Å². The highest BCUT2D eigenvalue weighted by atomic mass is 14.2. The van der Waals surface area contributed by atoms with E-state index in [1.54, 1.807) is 0 Å². The van der Waals surface area contributed by atoms with Crippen LogP contribution in [-0.4, -0.2) is 0 Å². The molecule has 0 fully saturated rings. The van der Waals surface area contributed by atoms with Crippen molar-refractivity contribution in [3.8, 4) is 44.5 Å². The van der Waals surface area contributed by atoms with E-state index in [1.807, 2.05) is 0 Å². The van der Waals surface area contributed by atoms with Gasteiger partial charge in [0.1, 0.15) is 0 Å². The van der Waals surface area contributed by atoms with Gasteiger partial charge in [0.2, 0.25) is 0 Å². The Morgan fingerprint density at radius 2 is 0.717 bits per heavy atom. The number of hydrogen-bond donors (Lipinski definition) is 0. The van der Waals surface area contributed by atoms with Crippen LogP contribution < -0.4 is 0 Å². The molecule has 46 heavy (non-hydrogen) atoms. The van der Waals surface area contributed by atoms with E-state index >= 15 is 0 Å². The molecule has 0 aromatic heterocycles. The normalized spacial score (nSPS) is 11.5. The van der Waals surface area contributed by atoms with Crippen LogP contribution in [0.15, 0.2) is 182 Å². The lowest BCUT2D eigenvalue weighted by Gasteiger charge is -2.20. The fraction of sp³-hybridized carbons (Fsp3) is 0. The molecular formula is C46H30. The highest BCUT2D eigenvalue weighted by Crippen LogP contribution is 2.46. The number of fused-ring (bicyclic) bond motifs is 4. The lowest BCUT2D eigenvalue weighted by atomic mass is 9.83. The van der Waals surface area contributed by atoms with Crippen molar-refractivity contribution in [3.05, 3.63) is 182 Å². The first-order valence-corrected chi connectivity index (χ1v) is 15.9. The van der Waals surface area contributed by atoms with Crippen molar-refractivity contribution in [2.45, 2.75) is 0 Å². The topological polar surface area (TPSA) is 0 Å².